The largest absolute Gasteiger partial charge is 0.310 e. The number of aromatic nitrogens is 1. The molecule has 0 N–H and O–H groups in total. The van der Waals surface area contributed by atoms with Crippen LogP contribution in [0.5, 0.6) is 0 Å². The van der Waals surface area contributed by atoms with Gasteiger partial charge in [-0.05, 0) is 6.07 Å². The summed E-state index contributed by atoms with van der Waals surface area (Å²) in [6.07, 6.45) is 0. The average molecular weight is 184 g/mol. The van der Waals surface area contributed by atoms with Crippen molar-refractivity contribution in [3.63, 3.8) is 0 Å². The maximum Gasteiger partial charge on any atom is 0.269 e. The number of hydrogen-bond donors (Lipinski definition) is 0. The van der Waals surface area contributed by atoms with Crippen LogP contribution in [0.25, 0.3) is 11.3 Å². The van der Waals surface area contributed by atoms with Crippen molar-refractivity contribution >= 4 is 0 Å². The Morgan fingerprint density at radius 1 is 1.29 bits per heavy atom. The summed E-state index contributed by atoms with van der Waals surface area (Å²) in [5.74, 6) is 0. The first-order chi connectivity index (χ1) is 6.75. The second-order valence-corrected chi connectivity index (χ2v) is 3.06. The highest BCUT2D eigenvalue weighted by atomic mass is 16.1. The van der Waals surface area contributed by atoms with Gasteiger partial charge in [-0.2, -0.15) is 5.26 Å². The molecule has 0 fully saturated rings. The summed E-state index contributed by atoms with van der Waals surface area (Å²) in [4.78, 5) is 11.6. The van der Waals surface area contributed by atoms with Crippen LogP contribution in [-0.2, 0) is 7.05 Å². The monoisotopic (exact) mass is 184 g/mol. The van der Waals surface area contributed by atoms with Crippen LogP contribution >= 0.6 is 0 Å². The summed E-state index contributed by atoms with van der Waals surface area (Å²) in [6, 6.07) is 11.1. The van der Waals surface area contributed by atoms with Gasteiger partial charge in [-0.15, -0.1) is 0 Å². The lowest BCUT2D eigenvalue weighted by Crippen LogP contribution is -2.12. The minimum Gasteiger partial charge on any atom is -0.310 e. The van der Waals surface area contributed by atoms with E-state index in [2.05, 4.69) is 0 Å². The molecule has 0 amide bonds. The Labute approximate surface area is 81.2 Å². The van der Waals surface area contributed by atoms with Gasteiger partial charge >= 0.3 is 0 Å². The van der Waals surface area contributed by atoms with Gasteiger partial charge in [-0.25, -0.2) is 0 Å². The summed E-state index contributed by atoms with van der Waals surface area (Å²) in [6.45, 7) is 0. The topological polar surface area (TPSA) is 45.8 Å². The van der Waals surface area contributed by atoms with E-state index >= 15 is 0 Å². The molecule has 0 saturated heterocycles. The standard InChI is InChI=1S/C11H8N2O/c1-13-10-6-4-2-3-5-8(10)9(7-12)11(13)14/h2-6H,1H3. The van der Waals surface area contributed by atoms with Crippen molar-refractivity contribution in [2.45, 2.75) is 0 Å². The molecule has 0 aromatic rings. The lowest BCUT2D eigenvalue weighted by Gasteiger charge is -1.94. The van der Waals surface area contributed by atoms with Gasteiger partial charge < -0.3 is 4.57 Å². The van der Waals surface area contributed by atoms with Crippen molar-refractivity contribution in [3.05, 3.63) is 46.2 Å². The van der Waals surface area contributed by atoms with Crippen molar-refractivity contribution in [1.82, 2.24) is 4.57 Å². The molecule has 3 nitrogen and oxygen atoms in total. The molecule has 1 heterocycles. The second-order valence-electron chi connectivity index (χ2n) is 3.06. The summed E-state index contributed by atoms with van der Waals surface area (Å²) in [7, 11) is 1.67. The molecular formula is C11H8N2O. The maximum atomic E-state index is 11.6. The van der Waals surface area contributed by atoms with Gasteiger partial charge in [0.2, 0.25) is 0 Å². The first-order valence-electron chi connectivity index (χ1n) is 4.23. The van der Waals surface area contributed by atoms with E-state index in [0.717, 1.165) is 5.69 Å². The third kappa shape index (κ3) is 1.01. The fourth-order valence-corrected chi connectivity index (χ4v) is 1.54. The molecule has 0 spiro atoms. The molecule has 3 heteroatoms. The molecule has 0 aromatic carbocycles. The molecule has 14 heavy (non-hydrogen) atoms. The normalized spacial score (nSPS) is 10.0. The van der Waals surface area contributed by atoms with Crippen LogP contribution in [0.3, 0.4) is 0 Å². The molecule has 0 bridgehead atoms. The number of fused-ring (bicyclic) bond motifs is 1. The van der Waals surface area contributed by atoms with Crippen LogP contribution < -0.4 is 5.56 Å². The third-order valence-electron chi connectivity index (χ3n) is 2.28. The van der Waals surface area contributed by atoms with E-state index in [1.807, 2.05) is 30.3 Å². The Kier molecular flexibility index (Phi) is 1.83. The van der Waals surface area contributed by atoms with Crippen LogP contribution in [0.1, 0.15) is 5.56 Å². The molecule has 0 unspecified atom stereocenters. The van der Waals surface area contributed by atoms with Gasteiger partial charge in [-0.1, -0.05) is 24.3 Å². The van der Waals surface area contributed by atoms with Crippen LogP contribution in [-0.4, -0.2) is 4.57 Å². The van der Waals surface area contributed by atoms with Gasteiger partial charge in [0, 0.05) is 12.6 Å². The zero-order valence-electron chi connectivity index (χ0n) is 7.69. The third-order valence-corrected chi connectivity index (χ3v) is 2.28. The Morgan fingerprint density at radius 2 is 2.00 bits per heavy atom. The minimum atomic E-state index is -0.228. The van der Waals surface area contributed by atoms with E-state index in [9.17, 15) is 4.79 Å². The lowest BCUT2D eigenvalue weighted by atomic mass is 10.1. The maximum absolute atomic E-state index is 11.6. The smallest absolute Gasteiger partial charge is 0.269 e. The number of nitriles is 1. The summed E-state index contributed by atoms with van der Waals surface area (Å²) in [5.41, 5.74) is 1.49. The van der Waals surface area contributed by atoms with Gasteiger partial charge in [0.1, 0.15) is 11.6 Å². The van der Waals surface area contributed by atoms with Gasteiger partial charge in [-0.3, -0.25) is 4.79 Å². The molecule has 1 aliphatic carbocycles. The quantitative estimate of drug-likeness (QED) is 0.620. The van der Waals surface area contributed by atoms with Crippen LogP contribution in [0.4, 0.5) is 0 Å². The predicted octanol–water partition coefficient (Wildman–Crippen LogP) is 1.36. The molecule has 2 aliphatic rings. The van der Waals surface area contributed by atoms with Gasteiger partial charge in [0.05, 0.1) is 5.69 Å². The van der Waals surface area contributed by atoms with Crippen LogP contribution in [0.2, 0.25) is 0 Å². The molecule has 0 saturated carbocycles. The van der Waals surface area contributed by atoms with Gasteiger partial charge in [0.25, 0.3) is 5.56 Å². The number of nitrogens with zero attached hydrogens (tertiary/aromatic N) is 2. The van der Waals surface area contributed by atoms with Crippen molar-refractivity contribution in [2.75, 3.05) is 0 Å². The zero-order valence-corrected chi connectivity index (χ0v) is 7.69. The van der Waals surface area contributed by atoms with E-state index < -0.39 is 0 Å². The summed E-state index contributed by atoms with van der Waals surface area (Å²) >= 11 is 0. The van der Waals surface area contributed by atoms with Crippen molar-refractivity contribution in [2.24, 2.45) is 7.05 Å². The van der Waals surface area contributed by atoms with E-state index in [1.54, 1.807) is 13.1 Å². The van der Waals surface area contributed by atoms with E-state index in [0.29, 0.717) is 5.56 Å². The fourth-order valence-electron chi connectivity index (χ4n) is 1.54. The Bertz CT molecular complexity index is 548. The Morgan fingerprint density at radius 3 is 2.71 bits per heavy atom. The van der Waals surface area contributed by atoms with Crippen LogP contribution in [0, 0.1) is 11.3 Å². The molecule has 1 aliphatic heterocycles. The minimum absolute atomic E-state index is 0.221. The lowest BCUT2D eigenvalue weighted by molar-refractivity contribution is 0.896. The molecular weight excluding hydrogens is 176 g/mol. The summed E-state index contributed by atoms with van der Waals surface area (Å²) < 4.78 is 1.49. The highest BCUT2D eigenvalue weighted by molar-refractivity contribution is 5.69. The second kappa shape index (κ2) is 3.00. The fraction of sp³-hybridized carbons (Fsp3) is 0.0909. The number of hydrogen-bond acceptors (Lipinski definition) is 2. The Balaban J connectivity index is 2.97. The molecule has 0 radical (unpaired) electrons. The SMILES string of the molecule is Cn1c2cccccc-2c(C#N)c1=O. The van der Waals surface area contributed by atoms with E-state index in [1.165, 1.54) is 4.57 Å². The van der Waals surface area contributed by atoms with E-state index in [-0.39, 0.29) is 11.1 Å². The summed E-state index contributed by atoms with van der Waals surface area (Å²) in [5, 5.41) is 8.85. The average Bonchev–Trinajstić information content (AvgIpc) is 2.40. The van der Waals surface area contributed by atoms with Crippen LogP contribution in [0.15, 0.2) is 35.1 Å². The first-order valence-corrected chi connectivity index (χ1v) is 4.23. The molecule has 2 rings (SSSR count). The molecule has 68 valence electrons. The highest BCUT2D eigenvalue weighted by Crippen LogP contribution is 2.21. The van der Waals surface area contributed by atoms with Crippen molar-refractivity contribution in [3.8, 4) is 17.3 Å². The molecule has 0 aromatic heterocycles. The molecule has 0 atom stereocenters. The predicted molar refractivity (Wildman–Crippen MR) is 53.0 cm³/mol. The van der Waals surface area contributed by atoms with Crippen molar-refractivity contribution < 1.29 is 0 Å². The zero-order chi connectivity index (χ0) is 10.1. The van der Waals surface area contributed by atoms with Gasteiger partial charge in [0.15, 0.2) is 0 Å². The van der Waals surface area contributed by atoms with Crippen molar-refractivity contribution in [1.29, 1.82) is 5.26 Å². The van der Waals surface area contributed by atoms with E-state index in [4.69, 9.17) is 5.26 Å². The first kappa shape index (κ1) is 8.52. The Hall–Kier alpha value is -2.08. The number of rotatable bonds is 0. The highest BCUT2D eigenvalue weighted by Gasteiger charge is 2.15.